The SMILES string of the molecule is I.NC(=NCC1(N2CCCC2)CCOCC1)NCC1CCC1. The molecule has 5 nitrogen and oxygen atoms in total. The molecule has 0 unspecified atom stereocenters. The van der Waals surface area contributed by atoms with E-state index in [1.165, 1.54) is 45.2 Å². The van der Waals surface area contributed by atoms with Gasteiger partial charge in [-0.1, -0.05) is 6.42 Å². The molecule has 0 amide bonds. The highest BCUT2D eigenvalue weighted by molar-refractivity contribution is 14.0. The summed E-state index contributed by atoms with van der Waals surface area (Å²) in [6.45, 7) is 5.97. The Morgan fingerprint density at radius 3 is 2.45 bits per heavy atom. The minimum Gasteiger partial charge on any atom is -0.381 e. The van der Waals surface area contributed by atoms with E-state index in [4.69, 9.17) is 10.5 Å². The maximum absolute atomic E-state index is 6.06. The molecule has 2 aliphatic heterocycles. The van der Waals surface area contributed by atoms with Crippen LogP contribution in [0.1, 0.15) is 44.9 Å². The van der Waals surface area contributed by atoms with Gasteiger partial charge in [0.05, 0.1) is 6.54 Å². The van der Waals surface area contributed by atoms with Gasteiger partial charge in [0.15, 0.2) is 5.96 Å². The van der Waals surface area contributed by atoms with Gasteiger partial charge in [-0.2, -0.15) is 0 Å². The molecule has 2 saturated heterocycles. The number of guanidine groups is 1. The van der Waals surface area contributed by atoms with Gasteiger partial charge >= 0.3 is 0 Å². The van der Waals surface area contributed by atoms with Crippen molar-refractivity contribution in [3.05, 3.63) is 0 Å². The largest absolute Gasteiger partial charge is 0.381 e. The molecule has 0 aromatic heterocycles. The first kappa shape index (κ1) is 18.3. The predicted molar refractivity (Wildman–Crippen MR) is 101 cm³/mol. The van der Waals surface area contributed by atoms with Crippen molar-refractivity contribution < 1.29 is 4.74 Å². The third-order valence-corrected chi connectivity index (χ3v) is 5.54. The van der Waals surface area contributed by atoms with E-state index in [2.05, 4.69) is 15.2 Å². The fourth-order valence-electron chi connectivity index (χ4n) is 3.75. The minimum absolute atomic E-state index is 0. The number of rotatable bonds is 5. The summed E-state index contributed by atoms with van der Waals surface area (Å²) < 4.78 is 5.57. The number of hydrogen-bond donors (Lipinski definition) is 2. The Balaban J connectivity index is 0.00000176. The normalized spacial score (nSPS) is 26.3. The smallest absolute Gasteiger partial charge is 0.188 e. The van der Waals surface area contributed by atoms with Crippen LogP contribution in [0.15, 0.2) is 4.99 Å². The van der Waals surface area contributed by atoms with Gasteiger partial charge in [-0.05, 0) is 57.5 Å². The quantitative estimate of drug-likeness (QED) is 0.404. The second-order valence-corrected chi connectivity index (χ2v) is 6.91. The van der Waals surface area contributed by atoms with Crippen molar-refractivity contribution in [3.8, 4) is 0 Å². The summed E-state index contributed by atoms with van der Waals surface area (Å²) in [5.74, 6) is 1.45. The number of aliphatic imine (C=N–C) groups is 1. The Bertz CT molecular complexity index is 361. The van der Waals surface area contributed by atoms with Gasteiger partial charge in [-0.3, -0.25) is 9.89 Å². The molecule has 3 rings (SSSR count). The van der Waals surface area contributed by atoms with E-state index in [0.717, 1.165) is 45.1 Å². The molecule has 0 aromatic carbocycles. The zero-order valence-electron chi connectivity index (χ0n) is 13.6. The lowest BCUT2D eigenvalue weighted by atomic mass is 9.85. The van der Waals surface area contributed by atoms with Crippen LogP contribution in [0.5, 0.6) is 0 Å². The van der Waals surface area contributed by atoms with E-state index in [9.17, 15) is 0 Å². The number of hydrogen-bond acceptors (Lipinski definition) is 3. The lowest BCUT2D eigenvalue weighted by Crippen LogP contribution is -2.53. The van der Waals surface area contributed by atoms with E-state index in [1.807, 2.05) is 0 Å². The average Bonchev–Trinajstić information content (AvgIpc) is 2.99. The molecule has 128 valence electrons. The average molecular weight is 422 g/mol. The van der Waals surface area contributed by atoms with Gasteiger partial charge < -0.3 is 15.8 Å². The first-order valence-electron chi connectivity index (χ1n) is 8.65. The van der Waals surface area contributed by atoms with Gasteiger partial charge in [0.25, 0.3) is 0 Å². The van der Waals surface area contributed by atoms with Crippen molar-refractivity contribution in [2.24, 2.45) is 16.6 Å². The molecular weight excluding hydrogens is 391 g/mol. The van der Waals surface area contributed by atoms with Crippen molar-refractivity contribution in [2.45, 2.75) is 50.5 Å². The van der Waals surface area contributed by atoms with Gasteiger partial charge in [-0.25, -0.2) is 0 Å². The fourth-order valence-corrected chi connectivity index (χ4v) is 3.75. The molecule has 1 saturated carbocycles. The standard InChI is InChI=1S/C16H30N4O.HI/c17-15(18-12-14-4-3-5-14)19-13-16(6-10-21-11-7-16)20-8-1-2-9-20;/h14H,1-13H2,(H3,17,18,19);1H. The number of nitrogens with zero attached hydrogens (tertiary/aromatic N) is 2. The number of nitrogens with two attached hydrogens (primary N) is 1. The van der Waals surface area contributed by atoms with Crippen molar-refractivity contribution in [1.29, 1.82) is 0 Å². The summed E-state index contributed by atoms with van der Waals surface area (Å²) in [7, 11) is 0. The number of nitrogens with one attached hydrogen (secondary N) is 1. The Kier molecular flexibility index (Phi) is 7.21. The molecule has 3 N–H and O–H groups in total. The van der Waals surface area contributed by atoms with Crippen LogP contribution < -0.4 is 11.1 Å². The Morgan fingerprint density at radius 1 is 1.18 bits per heavy atom. The van der Waals surface area contributed by atoms with Gasteiger partial charge in [0.1, 0.15) is 0 Å². The molecule has 0 bridgehead atoms. The van der Waals surface area contributed by atoms with Crippen LogP contribution in [0.3, 0.4) is 0 Å². The molecule has 3 aliphatic rings. The third-order valence-electron chi connectivity index (χ3n) is 5.54. The number of ether oxygens (including phenoxy) is 1. The summed E-state index contributed by atoms with van der Waals surface area (Å²) in [5, 5.41) is 3.31. The molecular formula is C16H31IN4O. The maximum Gasteiger partial charge on any atom is 0.188 e. The van der Waals surface area contributed by atoms with Crippen LogP contribution in [-0.2, 0) is 4.74 Å². The highest BCUT2D eigenvalue weighted by Crippen LogP contribution is 2.31. The van der Waals surface area contributed by atoms with Crippen LogP contribution in [0.25, 0.3) is 0 Å². The van der Waals surface area contributed by atoms with E-state index >= 15 is 0 Å². The lowest BCUT2D eigenvalue weighted by Gasteiger charge is -2.43. The van der Waals surface area contributed by atoms with E-state index in [1.54, 1.807) is 0 Å². The Hall–Kier alpha value is -0.0800. The summed E-state index contributed by atoms with van der Waals surface area (Å²) in [4.78, 5) is 7.32. The Morgan fingerprint density at radius 2 is 1.86 bits per heavy atom. The molecule has 0 atom stereocenters. The number of halogens is 1. The first-order valence-corrected chi connectivity index (χ1v) is 8.65. The minimum atomic E-state index is 0. The van der Waals surface area contributed by atoms with Gasteiger partial charge in [0.2, 0.25) is 0 Å². The van der Waals surface area contributed by atoms with Gasteiger partial charge in [0, 0.05) is 25.3 Å². The second-order valence-electron chi connectivity index (χ2n) is 6.91. The van der Waals surface area contributed by atoms with E-state index in [-0.39, 0.29) is 29.5 Å². The fraction of sp³-hybridized carbons (Fsp3) is 0.938. The van der Waals surface area contributed by atoms with Crippen molar-refractivity contribution in [3.63, 3.8) is 0 Å². The lowest BCUT2D eigenvalue weighted by molar-refractivity contribution is -0.0138. The van der Waals surface area contributed by atoms with Crippen LogP contribution in [0, 0.1) is 5.92 Å². The molecule has 0 aromatic rings. The van der Waals surface area contributed by atoms with Crippen molar-refractivity contribution in [1.82, 2.24) is 10.2 Å². The molecule has 3 fully saturated rings. The van der Waals surface area contributed by atoms with Gasteiger partial charge in [-0.15, -0.1) is 24.0 Å². The zero-order chi connectivity index (χ0) is 14.5. The van der Waals surface area contributed by atoms with Crippen LogP contribution >= 0.6 is 24.0 Å². The molecule has 6 heteroatoms. The van der Waals surface area contributed by atoms with Crippen molar-refractivity contribution >= 4 is 29.9 Å². The summed E-state index contributed by atoms with van der Waals surface area (Å²) in [6.07, 6.45) is 8.88. The molecule has 22 heavy (non-hydrogen) atoms. The molecule has 1 aliphatic carbocycles. The third kappa shape index (κ3) is 4.47. The zero-order valence-corrected chi connectivity index (χ0v) is 15.9. The second kappa shape index (κ2) is 8.68. The first-order chi connectivity index (χ1) is 10.3. The van der Waals surface area contributed by atoms with E-state index in [0.29, 0.717) is 5.96 Å². The highest BCUT2D eigenvalue weighted by atomic mass is 127. The molecule has 0 spiro atoms. The Labute approximate surface area is 151 Å². The predicted octanol–water partition coefficient (Wildman–Crippen LogP) is 1.95. The topological polar surface area (TPSA) is 62.9 Å². The molecule has 2 heterocycles. The summed E-state index contributed by atoms with van der Waals surface area (Å²) in [6, 6.07) is 0. The summed E-state index contributed by atoms with van der Waals surface area (Å²) >= 11 is 0. The number of likely N-dealkylation sites (tertiary alicyclic amines) is 1. The van der Waals surface area contributed by atoms with Crippen LogP contribution in [0.2, 0.25) is 0 Å². The summed E-state index contributed by atoms with van der Waals surface area (Å²) in [5.41, 5.74) is 6.26. The van der Waals surface area contributed by atoms with Crippen LogP contribution in [0.4, 0.5) is 0 Å². The van der Waals surface area contributed by atoms with Crippen LogP contribution in [-0.4, -0.2) is 55.8 Å². The molecule has 0 radical (unpaired) electrons. The monoisotopic (exact) mass is 422 g/mol. The maximum atomic E-state index is 6.06. The van der Waals surface area contributed by atoms with E-state index < -0.39 is 0 Å². The highest BCUT2D eigenvalue weighted by Gasteiger charge is 2.39. The van der Waals surface area contributed by atoms with Crippen molar-refractivity contribution in [2.75, 3.05) is 39.4 Å².